The lowest BCUT2D eigenvalue weighted by atomic mass is 9.78. The third kappa shape index (κ3) is 4.05. The summed E-state index contributed by atoms with van der Waals surface area (Å²) >= 11 is 0. The molecule has 1 spiro atoms. The summed E-state index contributed by atoms with van der Waals surface area (Å²) in [6, 6.07) is 3.90. The molecule has 1 aromatic rings. The number of hydrogen-bond acceptors (Lipinski definition) is 4. The molecule has 5 heteroatoms. The number of rotatable bonds is 7. The number of terminal acetylenes is 1. The van der Waals surface area contributed by atoms with Crippen LogP contribution in [0.5, 0.6) is 0 Å². The Morgan fingerprint density at radius 3 is 2.55 bits per heavy atom. The van der Waals surface area contributed by atoms with E-state index in [1.54, 1.807) is 7.11 Å². The molecule has 1 amide bonds. The maximum absolute atomic E-state index is 13.1. The van der Waals surface area contributed by atoms with Crippen LogP contribution in [-0.2, 0) is 27.1 Å². The highest BCUT2D eigenvalue weighted by atomic mass is 16.5. The van der Waals surface area contributed by atoms with Crippen LogP contribution in [0.4, 0.5) is 0 Å². The van der Waals surface area contributed by atoms with E-state index in [0.717, 1.165) is 47.9 Å². The SMILES string of the molecule is C#Cc1cc(CC)c(C2=C(O)C3(CCCC(OCCOC)C3)NC2=O)c(CC)c1. The van der Waals surface area contributed by atoms with Crippen LogP contribution < -0.4 is 5.32 Å². The monoisotopic (exact) mass is 397 g/mol. The Morgan fingerprint density at radius 1 is 1.28 bits per heavy atom. The Hall–Kier alpha value is -2.29. The minimum absolute atomic E-state index is 0.0131. The van der Waals surface area contributed by atoms with Crippen molar-refractivity contribution >= 4 is 11.5 Å². The fourth-order valence-electron chi connectivity index (χ4n) is 4.64. The van der Waals surface area contributed by atoms with Crippen LogP contribution in [-0.4, -0.2) is 43.0 Å². The summed E-state index contributed by atoms with van der Waals surface area (Å²) in [6.07, 6.45) is 10.2. The molecule has 29 heavy (non-hydrogen) atoms. The van der Waals surface area contributed by atoms with Gasteiger partial charge in [-0.1, -0.05) is 19.8 Å². The molecule has 0 saturated heterocycles. The van der Waals surface area contributed by atoms with Crippen molar-refractivity contribution in [1.29, 1.82) is 0 Å². The van der Waals surface area contributed by atoms with Crippen molar-refractivity contribution in [2.24, 2.45) is 0 Å². The molecule has 3 rings (SSSR count). The highest BCUT2D eigenvalue weighted by Crippen LogP contribution is 2.43. The third-order valence-electron chi connectivity index (χ3n) is 6.10. The number of methoxy groups -OCH3 is 1. The predicted octanol–water partition coefficient (Wildman–Crippen LogP) is 3.54. The average molecular weight is 398 g/mol. The minimum atomic E-state index is -0.747. The van der Waals surface area contributed by atoms with Gasteiger partial charge in [0.1, 0.15) is 11.3 Å². The molecule has 1 aliphatic carbocycles. The minimum Gasteiger partial charge on any atom is -0.509 e. The predicted molar refractivity (Wildman–Crippen MR) is 114 cm³/mol. The van der Waals surface area contributed by atoms with Gasteiger partial charge in [0.25, 0.3) is 5.91 Å². The summed E-state index contributed by atoms with van der Waals surface area (Å²) in [5.74, 6) is 2.64. The smallest absolute Gasteiger partial charge is 0.256 e. The lowest BCUT2D eigenvalue weighted by Gasteiger charge is -2.37. The molecule has 1 saturated carbocycles. The van der Waals surface area contributed by atoms with Crippen molar-refractivity contribution in [3.05, 3.63) is 40.1 Å². The van der Waals surface area contributed by atoms with E-state index in [0.29, 0.717) is 31.6 Å². The van der Waals surface area contributed by atoms with Gasteiger partial charge < -0.3 is 19.9 Å². The van der Waals surface area contributed by atoms with Crippen LogP contribution in [0.15, 0.2) is 17.9 Å². The van der Waals surface area contributed by atoms with Crippen LogP contribution in [0.3, 0.4) is 0 Å². The molecule has 2 unspecified atom stereocenters. The van der Waals surface area contributed by atoms with E-state index in [-0.39, 0.29) is 17.8 Å². The first kappa shape index (κ1) is 21.4. The Morgan fingerprint density at radius 2 is 1.97 bits per heavy atom. The van der Waals surface area contributed by atoms with E-state index in [1.807, 2.05) is 26.0 Å². The summed E-state index contributed by atoms with van der Waals surface area (Å²) in [7, 11) is 1.64. The first-order chi connectivity index (χ1) is 14.0. The number of aliphatic hydroxyl groups excluding tert-OH is 1. The van der Waals surface area contributed by atoms with Gasteiger partial charge in [-0.15, -0.1) is 6.42 Å². The van der Waals surface area contributed by atoms with Gasteiger partial charge in [0.2, 0.25) is 0 Å². The Bertz CT molecular complexity index is 826. The van der Waals surface area contributed by atoms with Gasteiger partial charge in [-0.2, -0.15) is 0 Å². The number of benzene rings is 1. The van der Waals surface area contributed by atoms with Gasteiger partial charge in [0.05, 0.1) is 24.9 Å². The second kappa shape index (κ2) is 9.02. The maximum Gasteiger partial charge on any atom is 0.256 e. The van der Waals surface area contributed by atoms with Crippen LogP contribution >= 0.6 is 0 Å². The van der Waals surface area contributed by atoms with Gasteiger partial charge in [0, 0.05) is 19.1 Å². The fraction of sp³-hybridized carbons (Fsp3) is 0.542. The molecule has 0 radical (unpaired) electrons. The maximum atomic E-state index is 13.1. The van der Waals surface area contributed by atoms with Crippen LogP contribution in [0.1, 0.15) is 61.8 Å². The summed E-state index contributed by atoms with van der Waals surface area (Å²) in [5.41, 5.74) is 3.29. The highest BCUT2D eigenvalue weighted by Gasteiger charge is 2.49. The van der Waals surface area contributed by atoms with E-state index < -0.39 is 5.54 Å². The van der Waals surface area contributed by atoms with Gasteiger partial charge in [-0.25, -0.2) is 0 Å². The highest BCUT2D eigenvalue weighted by molar-refractivity contribution is 6.24. The van der Waals surface area contributed by atoms with Crippen molar-refractivity contribution in [3.63, 3.8) is 0 Å². The van der Waals surface area contributed by atoms with Gasteiger partial charge in [-0.05, 0) is 60.9 Å². The van der Waals surface area contributed by atoms with Crippen molar-refractivity contribution in [2.45, 2.75) is 64.0 Å². The Balaban J connectivity index is 2.01. The molecule has 5 nitrogen and oxygen atoms in total. The molecule has 1 aliphatic heterocycles. The van der Waals surface area contributed by atoms with Gasteiger partial charge in [-0.3, -0.25) is 4.79 Å². The number of aliphatic hydroxyl groups is 1. The van der Waals surface area contributed by atoms with E-state index >= 15 is 0 Å². The molecule has 2 N–H and O–H groups in total. The molecular formula is C24H31NO4. The number of hydrogen-bond donors (Lipinski definition) is 2. The molecule has 2 aliphatic rings. The number of carbonyl (C=O) groups excluding carboxylic acids is 1. The van der Waals surface area contributed by atoms with Gasteiger partial charge >= 0.3 is 0 Å². The van der Waals surface area contributed by atoms with Crippen LogP contribution in [0.2, 0.25) is 0 Å². The second-order valence-electron chi connectivity index (χ2n) is 7.86. The molecule has 1 fully saturated rings. The molecule has 156 valence electrons. The molecule has 1 heterocycles. The molecule has 2 atom stereocenters. The zero-order valence-electron chi connectivity index (χ0n) is 17.6. The quantitative estimate of drug-likeness (QED) is 0.546. The standard InChI is InChI=1S/C24H31NO4/c1-5-16-13-17(6-2)20(18(7-3)14-16)21-22(26)24(25-23(21)27)10-8-9-19(15-24)29-12-11-28-4/h1,13-14,19,26H,6-12,15H2,2-4H3,(H,25,27). The number of ether oxygens (including phenoxy) is 2. The Kier molecular flexibility index (Phi) is 6.66. The summed E-state index contributed by atoms with van der Waals surface area (Å²) in [4.78, 5) is 13.1. The van der Waals surface area contributed by atoms with E-state index in [9.17, 15) is 9.90 Å². The number of amides is 1. The van der Waals surface area contributed by atoms with Crippen molar-refractivity contribution in [3.8, 4) is 12.3 Å². The van der Waals surface area contributed by atoms with Gasteiger partial charge in [0.15, 0.2) is 0 Å². The first-order valence-electron chi connectivity index (χ1n) is 10.5. The molecule has 1 aromatic carbocycles. The summed E-state index contributed by atoms with van der Waals surface area (Å²) < 4.78 is 11.0. The van der Waals surface area contributed by atoms with E-state index in [4.69, 9.17) is 15.9 Å². The average Bonchev–Trinajstić information content (AvgIpc) is 2.96. The van der Waals surface area contributed by atoms with Crippen LogP contribution in [0, 0.1) is 12.3 Å². The number of carbonyl (C=O) groups is 1. The first-order valence-corrected chi connectivity index (χ1v) is 10.5. The zero-order chi connectivity index (χ0) is 21.0. The van der Waals surface area contributed by atoms with Crippen molar-refractivity contribution in [2.75, 3.05) is 20.3 Å². The molecular weight excluding hydrogens is 366 g/mol. The van der Waals surface area contributed by atoms with E-state index in [1.165, 1.54) is 0 Å². The largest absolute Gasteiger partial charge is 0.509 e. The number of nitrogens with one attached hydrogen (secondary N) is 1. The lowest BCUT2D eigenvalue weighted by Crippen LogP contribution is -2.50. The number of aryl methyl sites for hydroxylation is 2. The van der Waals surface area contributed by atoms with Crippen molar-refractivity contribution in [1.82, 2.24) is 5.32 Å². The van der Waals surface area contributed by atoms with Crippen molar-refractivity contribution < 1.29 is 19.4 Å². The lowest BCUT2D eigenvalue weighted by molar-refractivity contribution is -0.117. The second-order valence-corrected chi connectivity index (χ2v) is 7.86. The summed E-state index contributed by atoms with van der Waals surface area (Å²) in [6.45, 7) is 5.12. The third-order valence-corrected chi connectivity index (χ3v) is 6.10. The zero-order valence-corrected chi connectivity index (χ0v) is 17.6. The Labute approximate surface area is 173 Å². The summed E-state index contributed by atoms with van der Waals surface area (Å²) in [5, 5.41) is 14.4. The molecule has 0 bridgehead atoms. The molecule has 0 aromatic heterocycles. The van der Waals surface area contributed by atoms with Crippen LogP contribution in [0.25, 0.3) is 5.57 Å². The normalized spacial score (nSPS) is 24.1. The fourth-order valence-corrected chi connectivity index (χ4v) is 4.64. The van der Waals surface area contributed by atoms with E-state index in [2.05, 4.69) is 11.2 Å². The topological polar surface area (TPSA) is 67.8 Å².